The summed E-state index contributed by atoms with van der Waals surface area (Å²) in [5, 5.41) is 11.8. The van der Waals surface area contributed by atoms with Gasteiger partial charge in [-0.25, -0.2) is 0 Å². The summed E-state index contributed by atoms with van der Waals surface area (Å²) in [6.07, 6.45) is 78.5. The summed E-state index contributed by atoms with van der Waals surface area (Å²) in [5.41, 5.74) is 0. The van der Waals surface area contributed by atoms with Gasteiger partial charge in [0.15, 0.2) is 12.4 Å². The molecule has 0 rings (SSSR count). The summed E-state index contributed by atoms with van der Waals surface area (Å²) in [6, 6.07) is 0. The molecule has 0 bridgehead atoms. The summed E-state index contributed by atoms with van der Waals surface area (Å²) in [6.45, 7) is 4.43. The van der Waals surface area contributed by atoms with Crippen LogP contribution >= 0.6 is 0 Å². The van der Waals surface area contributed by atoms with Gasteiger partial charge in [-0.05, 0) is 122 Å². The van der Waals surface area contributed by atoms with Gasteiger partial charge in [0.2, 0.25) is 0 Å². The summed E-state index contributed by atoms with van der Waals surface area (Å²) in [5.74, 6) is -2.37. The van der Waals surface area contributed by atoms with Crippen LogP contribution in [-0.4, -0.2) is 82.3 Å². The van der Waals surface area contributed by atoms with Crippen LogP contribution in [0.2, 0.25) is 0 Å². The van der Waals surface area contributed by atoms with Crippen LogP contribution in [0.3, 0.4) is 0 Å². The Kier molecular flexibility index (Phi) is 51.4. The van der Waals surface area contributed by atoms with Crippen molar-refractivity contribution in [2.75, 3.05) is 47.5 Å². The summed E-state index contributed by atoms with van der Waals surface area (Å²) in [4.78, 5) is 37.3. The quantitative estimate of drug-likeness (QED) is 0.0195. The van der Waals surface area contributed by atoms with Crippen molar-refractivity contribution >= 4 is 17.9 Å². The zero-order valence-corrected chi connectivity index (χ0v) is 47.6. The predicted molar refractivity (Wildman–Crippen MR) is 315 cm³/mol. The van der Waals surface area contributed by atoms with Gasteiger partial charge in [-0.2, -0.15) is 0 Å². The Bertz CT molecular complexity index is 1780. The van der Waals surface area contributed by atoms with Crippen molar-refractivity contribution in [2.24, 2.45) is 0 Å². The number of ether oxygens (including phenoxy) is 4. The molecule has 0 amide bonds. The number of carbonyl (C=O) groups excluding carboxylic acids is 3. The molecule has 0 aromatic rings. The molecule has 2 atom stereocenters. The number of nitrogens with zero attached hydrogens (tertiary/aromatic N) is 1. The fourth-order valence-corrected chi connectivity index (χ4v) is 6.93. The molecule has 75 heavy (non-hydrogen) atoms. The summed E-state index contributed by atoms with van der Waals surface area (Å²) < 4.78 is 22.6. The van der Waals surface area contributed by atoms with Crippen LogP contribution in [0.5, 0.6) is 0 Å². The van der Waals surface area contributed by atoms with Gasteiger partial charge in [-0.15, -0.1) is 0 Å². The fraction of sp³-hybridized carbons (Fsp3) is 0.561. The molecular formula is C66H103NO8. The molecule has 0 saturated heterocycles. The minimum atomic E-state index is -1.65. The van der Waals surface area contributed by atoms with E-state index in [2.05, 4.69) is 172 Å². The zero-order valence-electron chi connectivity index (χ0n) is 47.6. The van der Waals surface area contributed by atoms with Gasteiger partial charge in [-0.3, -0.25) is 9.59 Å². The SMILES string of the molecule is CC/C=C\C/C=C\C/C=C\C/C=C\C/C=C\C/C=C\C/C=C\CCCCCCCC(=O)OC(COC(=O)CCCCCC/C=C\C/C=C\C/C=C\C/C=C\C/C=C\C/C=C\CC)COC(OCC[N+](C)(C)C)C(=O)[O-]. The molecule has 0 saturated carbocycles. The van der Waals surface area contributed by atoms with Gasteiger partial charge < -0.3 is 33.3 Å². The Labute approximate surface area is 457 Å². The Hall–Kier alpha value is -5.09. The number of hydrogen-bond donors (Lipinski definition) is 0. The number of quaternary nitrogens is 1. The maximum Gasteiger partial charge on any atom is 0.306 e. The lowest BCUT2D eigenvalue weighted by Gasteiger charge is -2.26. The highest BCUT2D eigenvalue weighted by Gasteiger charge is 2.22. The molecule has 9 heteroatoms. The van der Waals surface area contributed by atoms with Crippen LogP contribution in [0.15, 0.2) is 158 Å². The molecule has 0 aromatic heterocycles. The Morgan fingerprint density at radius 3 is 1.07 bits per heavy atom. The normalized spacial score (nSPS) is 14.0. The smallest absolute Gasteiger partial charge is 0.306 e. The molecule has 9 nitrogen and oxygen atoms in total. The van der Waals surface area contributed by atoms with E-state index in [0.29, 0.717) is 23.9 Å². The second-order valence-electron chi connectivity index (χ2n) is 19.5. The maximum atomic E-state index is 12.9. The number of allylic oxidation sites excluding steroid dienone is 26. The average molecular weight is 1040 g/mol. The van der Waals surface area contributed by atoms with E-state index in [-0.39, 0.29) is 32.7 Å². The number of hydrogen-bond acceptors (Lipinski definition) is 8. The lowest BCUT2D eigenvalue weighted by Crippen LogP contribution is -2.44. The van der Waals surface area contributed by atoms with Gasteiger partial charge in [0, 0.05) is 12.8 Å². The average Bonchev–Trinajstić information content (AvgIpc) is 3.38. The van der Waals surface area contributed by atoms with Crippen molar-refractivity contribution in [3.8, 4) is 0 Å². The number of esters is 2. The van der Waals surface area contributed by atoms with Gasteiger partial charge in [0.25, 0.3) is 0 Å². The van der Waals surface area contributed by atoms with Gasteiger partial charge in [-0.1, -0.05) is 204 Å². The van der Waals surface area contributed by atoms with E-state index in [1.54, 1.807) is 0 Å². The van der Waals surface area contributed by atoms with Crippen LogP contribution in [0.1, 0.15) is 181 Å². The van der Waals surface area contributed by atoms with E-state index in [1.807, 2.05) is 21.1 Å². The molecule has 2 unspecified atom stereocenters. The number of rotatable bonds is 50. The number of aliphatic carboxylic acids is 1. The standard InChI is InChI=1S/C66H103NO8/c1-6-8-10-12-14-16-18-20-22-24-26-28-30-31-32-33-35-37-39-41-43-45-47-49-51-53-55-57-64(69)75-62(61-74-66(65(70)71)72-59-58-67(3,4)5)60-73-63(68)56-54-52-50-48-46-44-42-40-38-36-34-29-27-25-23-21-19-17-15-13-11-9-7-2/h8-11,14-17,20-23,26-29,31-32,35-38,41-44,62,66H,6-7,12-13,18-19,24-25,30,33-34,39-40,45-61H2,1-5H3/b10-8-,11-9-,16-14-,17-15-,22-20-,23-21-,28-26-,29-27-,32-31-,37-35-,38-36-,43-41-,44-42-. The van der Waals surface area contributed by atoms with E-state index in [0.717, 1.165) is 141 Å². The molecule has 0 aliphatic heterocycles. The largest absolute Gasteiger partial charge is 0.545 e. The van der Waals surface area contributed by atoms with Crippen molar-refractivity contribution in [1.29, 1.82) is 0 Å². The molecular weight excluding hydrogens is 935 g/mol. The molecule has 0 N–H and O–H groups in total. The fourth-order valence-electron chi connectivity index (χ4n) is 6.93. The Balaban J connectivity index is 4.42. The van der Waals surface area contributed by atoms with Gasteiger partial charge >= 0.3 is 11.9 Å². The van der Waals surface area contributed by atoms with E-state index < -0.39 is 30.3 Å². The van der Waals surface area contributed by atoms with Crippen LogP contribution in [0.4, 0.5) is 0 Å². The van der Waals surface area contributed by atoms with E-state index in [9.17, 15) is 19.5 Å². The van der Waals surface area contributed by atoms with Crippen LogP contribution in [0.25, 0.3) is 0 Å². The molecule has 0 aliphatic rings. The lowest BCUT2D eigenvalue weighted by atomic mass is 10.1. The van der Waals surface area contributed by atoms with Crippen molar-refractivity contribution in [3.05, 3.63) is 158 Å². The maximum absolute atomic E-state index is 12.9. The molecule has 0 fully saturated rings. The minimum Gasteiger partial charge on any atom is -0.545 e. The number of unbranched alkanes of at least 4 members (excludes halogenated alkanes) is 9. The van der Waals surface area contributed by atoms with Gasteiger partial charge in [0.1, 0.15) is 13.2 Å². The predicted octanol–water partition coefficient (Wildman–Crippen LogP) is 15.7. The van der Waals surface area contributed by atoms with Gasteiger partial charge in [0.05, 0.1) is 40.3 Å². The van der Waals surface area contributed by atoms with Crippen molar-refractivity contribution in [2.45, 2.75) is 193 Å². The summed E-state index contributed by atoms with van der Waals surface area (Å²) in [7, 11) is 5.89. The first-order chi connectivity index (χ1) is 36.6. The monoisotopic (exact) mass is 1040 g/mol. The highest BCUT2D eigenvalue weighted by molar-refractivity contribution is 5.70. The first-order valence-corrected chi connectivity index (χ1v) is 28.6. The summed E-state index contributed by atoms with van der Waals surface area (Å²) >= 11 is 0. The third-order valence-electron chi connectivity index (χ3n) is 11.3. The number of likely N-dealkylation sites (N-methyl/N-ethyl adjacent to an activating group) is 1. The van der Waals surface area contributed by atoms with E-state index in [1.165, 1.54) is 0 Å². The zero-order chi connectivity index (χ0) is 54.8. The third kappa shape index (κ3) is 56.5. The Morgan fingerprint density at radius 1 is 0.400 bits per heavy atom. The lowest BCUT2D eigenvalue weighted by molar-refractivity contribution is -0.870. The van der Waals surface area contributed by atoms with Crippen molar-refractivity contribution in [1.82, 2.24) is 0 Å². The van der Waals surface area contributed by atoms with Crippen molar-refractivity contribution < 1.29 is 42.9 Å². The minimum absolute atomic E-state index is 0.129. The Morgan fingerprint density at radius 2 is 0.720 bits per heavy atom. The van der Waals surface area contributed by atoms with E-state index in [4.69, 9.17) is 18.9 Å². The number of carbonyl (C=O) groups is 3. The van der Waals surface area contributed by atoms with Crippen LogP contribution < -0.4 is 5.11 Å². The third-order valence-corrected chi connectivity index (χ3v) is 11.3. The number of carboxylic acid groups (broad SMARTS) is 1. The molecule has 0 aliphatic carbocycles. The molecule has 0 radical (unpaired) electrons. The number of carboxylic acids is 1. The van der Waals surface area contributed by atoms with Crippen LogP contribution in [0, 0.1) is 0 Å². The molecule has 0 spiro atoms. The molecule has 0 heterocycles. The first kappa shape index (κ1) is 69.9. The second-order valence-corrected chi connectivity index (χ2v) is 19.5. The van der Waals surface area contributed by atoms with Crippen LogP contribution in [-0.2, 0) is 33.3 Å². The highest BCUT2D eigenvalue weighted by Crippen LogP contribution is 2.12. The molecule has 420 valence electrons. The van der Waals surface area contributed by atoms with E-state index >= 15 is 0 Å². The second kappa shape index (κ2) is 55.2. The molecule has 0 aromatic carbocycles. The topological polar surface area (TPSA) is 111 Å². The first-order valence-electron chi connectivity index (χ1n) is 28.6. The van der Waals surface area contributed by atoms with Crippen molar-refractivity contribution in [3.63, 3.8) is 0 Å². The highest BCUT2D eigenvalue weighted by atomic mass is 16.7.